The number of hydrogen-bond acceptors (Lipinski definition) is 3. The first-order chi connectivity index (χ1) is 10.5. The van der Waals surface area contributed by atoms with Gasteiger partial charge in [0, 0.05) is 27.5 Å². The molecule has 0 bridgehead atoms. The van der Waals surface area contributed by atoms with Gasteiger partial charge in [-0.25, -0.2) is 4.39 Å². The number of nitrogens with one attached hydrogen (secondary N) is 2. The maximum absolute atomic E-state index is 13.4. The fourth-order valence-corrected chi connectivity index (χ4v) is 2.22. The fourth-order valence-electron chi connectivity index (χ4n) is 1.70. The van der Waals surface area contributed by atoms with E-state index in [1.54, 1.807) is 12.1 Å². The Labute approximate surface area is 129 Å². The van der Waals surface area contributed by atoms with Gasteiger partial charge in [0.2, 0.25) is 0 Å². The Morgan fingerprint density at radius 2 is 1.55 bits per heavy atom. The average molecular weight is 320 g/mol. The highest BCUT2D eigenvalue weighted by Gasteiger charge is 2.12. The normalized spacial score (nSPS) is 11.5. The Bertz CT molecular complexity index is 732. The molecule has 2 aromatic rings. The van der Waals surface area contributed by atoms with Crippen molar-refractivity contribution in [2.24, 2.45) is 0 Å². The highest BCUT2D eigenvalue weighted by Crippen LogP contribution is 2.08. The zero-order valence-corrected chi connectivity index (χ0v) is 12.4. The lowest BCUT2D eigenvalue weighted by molar-refractivity contribution is 0.0844. The largest absolute Gasteiger partial charge is 0.272 e. The first-order valence-corrected chi connectivity index (χ1v) is 7.83. The van der Waals surface area contributed by atoms with Gasteiger partial charge in [-0.2, -0.15) is 0 Å². The quantitative estimate of drug-likeness (QED) is 0.844. The summed E-state index contributed by atoms with van der Waals surface area (Å²) in [5, 5.41) is 0. The van der Waals surface area contributed by atoms with Gasteiger partial charge in [-0.05, 0) is 36.4 Å². The SMILES string of the molecule is CS(=O)c1ccc(C(=O)NNC(=O)c2ccccc2F)cc1. The van der Waals surface area contributed by atoms with Gasteiger partial charge in [-0.3, -0.25) is 24.6 Å². The second-order valence-corrected chi connectivity index (χ2v) is 5.75. The molecule has 0 aliphatic rings. The molecule has 0 aliphatic carbocycles. The minimum Gasteiger partial charge on any atom is -0.267 e. The van der Waals surface area contributed by atoms with Gasteiger partial charge in [0.1, 0.15) is 5.82 Å². The van der Waals surface area contributed by atoms with E-state index in [0.717, 1.165) is 6.07 Å². The predicted octanol–water partition coefficient (Wildman–Crippen LogP) is 1.64. The van der Waals surface area contributed by atoms with Crippen molar-refractivity contribution in [2.75, 3.05) is 6.26 Å². The summed E-state index contributed by atoms with van der Waals surface area (Å²) in [4.78, 5) is 24.2. The van der Waals surface area contributed by atoms with E-state index in [0.29, 0.717) is 4.90 Å². The molecule has 7 heteroatoms. The van der Waals surface area contributed by atoms with Crippen LogP contribution in [0.25, 0.3) is 0 Å². The molecule has 0 heterocycles. The van der Waals surface area contributed by atoms with Crippen molar-refractivity contribution in [3.8, 4) is 0 Å². The molecule has 1 unspecified atom stereocenters. The van der Waals surface area contributed by atoms with E-state index < -0.39 is 28.4 Å². The molecule has 5 nitrogen and oxygen atoms in total. The summed E-state index contributed by atoms with van der Waals surface area (Å²) < 4.78 is 24.7. The van der Waals surface area contributed by atoms with Gasteiger partial charge >= 0.3 is 0 Å². The van der Waals surface area contributed by atoms with Crippen LogP contribution in [0.1, 0.15) is 20.7 Å². The van der Waals surface area contributed by atoms with E-state index in [4.69, 9.17) is 0 Å². The van der Waals surface area contributed by atoms with E-state index >= 15 is 0 Å². The Hall–Kier alpha value is -2.54. The first kappa shape index (κ1) is 15.8. The molecule has 22 heavy (non-hydrogen) atoms. The van der Waals surface area contributed by atoms with E-state index in [1.807, 2.05) is 0 Å². The van der Waals surface area contributed by atoms with Crippen LogP contribution in [-0.2, 0) is 10.8 Å². The molecule has 0 aromatic heterocycles. The van der Waals surface area contributed by atoms with Crippen LogP contribution in [0.5, 0.6) is 0 Å². The number of amides is 2. The monoisotopic (exact) mass is 320 g/mol. The molecule has 0 fully saturated rings. The molecule has 2 aromatic carbocycles. The zero-order chi connectivity index (χ0) is 16.1. The first-order valence-electron chi connectivity index (χ1n) is 6.27. The summed E-state index contributed by atoms with van der Waals surface area (Å²) in [5.41, 5.74) is 4.44. The molecule has 2 amide bonds. The molecule has 0 aliphatic heterocycles. The standard InChI is InChI=1S/C15H13FN2O3S/c1-22(21)11-8-6-10(7-9-11)14(19)17-18-15(20)12-4-2-3-5-13(12)16/h2-9H,1H3,(H,17,19)(H,18,20). The molecular weight excluding hydrogens is 307 g/mol. The third-order valence-corrected chi connectivity index (χ3v) is 3.79. The number of benzene rings is 2. The molecule has 2 N–H and O–H groups in total. The van der Waals surface area contributed by atoms with Gasteiger partial charge in [-0.1, -0.05) is 12.1 Å². The van der Waals surface area contributed by atoms with Crippen molar-refractivity contribution in [2.45, 2.75) is 4.90 Å². The molecular formula is C15H13FN2O3S. The Kier molecular flexibility index (Phi) is 5.00. The third-order valence-electron chi connectivity index (χ3n) is 2.86. The Morgan fingerprint density at radius 3 is 2.14 bits per heavy atom. The summed E-state index contributed by atoms with van der Waals surface area (Å²) >= 11 is 0. The number of rotatable bonds is 3. The number of carbonyl (C=O) groups excluding carboxylic acids is 2. The molecule has 0 saturated carbocycles. The van der Waals surface area contributed by atoms with Crippen molar-refractivity contribution >= 4 is 22.6 Å². The van der Waals surface area contributed by atoms with E-state index in [2.05, 4.69) is 10.9 Å². The van der Waals surface area contributed by atoms with E-state index in [-0.39, 0.29) is 11.1 Å². The van der Waals surface area contributed by atoms with Crippen LogP contribution in [0, 0.1) is 5.82 Å². The smallest absolute Gasteiger partial charge is 0.267 e. The summed E-state index contributed by atoms with van der Waals surface area (Å²) in [5.74, 6) is -1.99. The van der Waals surface area contributed by atoms with Crippen molar-refractivity contribution in [1.29, 1.82) is 0 Å². The zero-order valence-electron chi connectivity index (χ0n) is 11.6. The van der Waals surface area contributed by atoms with Gasteiger partial charge in [0.25, 0.3) is 11.8 Å². The topological polar surface area (TPSA) is 75.3 Å². The van der Waals surface area contributed by atoms with Crippen LogP contribution < -0.4 is 10.9 Å². The fraction of sp³-hybridized carbons (Fsp3) is 0.0667. The number of hydrazine groups is 1. The predicted molar refractivity (Wildman–Crippen MR) is 80.1 cm³/mol. The summed E-state index contributed by atoms with van der Waals surface area (Å²) in [6.07, 6.45) is 1.53. The van der Waals surface area contributed by atoms with Crippen molar-refractivity contribution in [3.05, 3.63) is 65.5 Å². The number of halogens is 1. The van der Waals surface area contributed by atoms with Crippen LogP contribution in [-0.4, -0.2) is 22.3 Å². The highest BCUT2D eigenvalue weighted by molar-refractivity contribution is 7.84. The van der Waals surface area contributed by atoms with Crippen LogP contribution in [0.4, 0.5) is 4.39 Å². The van der Waals surface area contributed by atoms with Crippen LogP contribution in [0.2, 0.25) is 0 Å². The Balaban J connectivity index is 1.99. The lowest BCUT2D eigenvalue weighted by Gasteiger charge is -2.08. The summed E-state index contributed by atoms with van der Waals surface area (Å²) in [7, 11) is -1.13. The van der Waals surface area contributed by atoms with Gasteiger partial charge in [0.05, 0.1) is 5.56 Å². The summed E-state index contributed by atoms with van der Waals surface area (Å²) in [6, 6.07) is 11.5. The van der Waals surface area contributed by atoms with E-state index in [1.165, 1.54) is 36.6 Å². The average Bonchev–Trinajstić information content (AvgIpc) is 2.52. The molecule has 114 valence electrons. The minimum absolute atomic E-state index is 0.167. The van der Waals surface area contributed by atoms with Gasteiger partial charge < -0.3 is 0 Å². The lowest BCUT2D eigenvalue weighted by Crippen LogP contribution is -2.41. The molecule has 0 radical (unpaired) electrons. The highest BCUT2D eigenvalue weighted by atomic mass is 32.2. The maximum atomic E-state index is 13.4. The minimum atomic E-state index is -1.13. The summed E-state index contributed by atoms with van der Waals surface area (Å²) in [6.45, 7) is 0. The van der Waals surface area contributed by atoms with Crippen molar-refractivity contribution in [1.82, 2.24) is 10.9 Å². The van der Waals surface area contributed by atoms with Gasteiger partial charge in [0.15, 0.2) is 0 Å². The number of carbonyl (C=O) groups is 2. The second kappa shape index (κ2) is 6.95. The number of hydrogen-bond donors (Lipinski definition) is 2. The third kappa shape index (κ3) is 3.76. The van der Waals surface area contributed by atoms with E-state index in [9.17, 15) is 18.2 Å². The van der Waals surface area contributed by atoms with Crippen LogP contribution in [0.15, 0.2) is 53.4 Å². The molecule has 1 atom stereocenters. The Morgan fingerprint density at radius 1 is 0.955 bits per heavy atom. The van der Waals surface area contributed by atoms with Gasteiger partial charge in [-0.15, -0.1) is 0 Å². The lowest BCUT2D eigenvalue weighted by atomic mass is 10.2. The molecule has 2 rings (SSSR count). The molecule has 0 saturated heterocycles. The van der Waals surface area contributed by atoms with Crippen LogP contribution in [0.3, 0.4) is 0 Å². The van der Waals surface area contributed by atoms with Crippen LogP contribution >= 0.6 is 0 Å². The van der Waals surface area contributed by atoms with Crippen molar-refractivity contribution in [3.63, 3.8) is 0 Å². The molecule has 0 spiro atoms. The maximum Gasteiger partial charge on any atom is 0.272 e. The second-order valence-electron chi connectivity index (χ2n) is 4.37. The van der Waals surface area contributed by atoms with Crippen molar-refractivity contribution < 1.29 is 18.2 Å².